The minimum atomic E-state index is -0.381. The molecule has 0 saturated heterocycles. The molecule has 0 atom stereocenters. The van der Waals surface area contributed by atoms with Crippen LogP contribution in [0.2, 0.25) is 0 Å². The number of carbonyl (C=O) groups excluding carboxylic acids is 1. The quantitative estimate of drug-likeness (QED) is 0.669. The molecule has 1 saturated carbocycles. The van der Waals surface area contributed by atoms with Crippen LogP contribution in [0, 0.1) is 0 Å². The van der Waals surface area contributed by atoms with E-state index in [1.54, 1.807) is 36.0 Å². The molecule has 1 aromatic carbocycles. The molecule has 0 aliphatic heterocycles. The number of nitrogens with one attached hydrogen (secondary N) is 1. The molecule has 2 aromatic heterocycles. The van der Waals surface area contributed by atoms with Crippen molar-refractivity contribution >= 4 is 17.4 Å². The van der Waals surface area contributed by atoms with Gasteiger partial charge in [0.05, 0.1) is 0 Å². The van der Waals surface area contributed by atoms with Gasteiger partial charge < -0.3 is 10.1 Å². The van der Waals surface area contributed by atoms with Crippen molar-refractivity contribution in [2.24, 2.45) is 0 Å². The van der Waals surface area contributed by atoms with E-state index in [9.17, 15) is 4.79 Å². The summed E-state index contributed by atoms with van der Waals surface area (Å²) >= 11 is 1.58. The van der Waals surface area contributed by atoms with Crippen molar-refractivity contribution in [2.45, 2.75) is 38.1 Å². The Balaban J connectivity index is 1.47. The number of thiazole rings is 1. The number of amides is 1. The third kappa shape index (κ3) is 4.52. The lowest BCUT2D eigenvalue weighted by Gasteiger charge is -2.22. The zero-order valence-corrected chi connectivity index (χ0v) is 15.7. The van der Waals surface area contributed by atoms with Crippen LogP contribution < -0.4 is 10.1 Å². The van der Waals surface area contributed by atoms with Crippen LogP contribution in [-0.2, 0) is 0 Å². The fourth-order valence-electron chi connectivity index (χ4n) is 3.37. The van der Waals surface area contributed by atoms with E-state index in [2.05, 4.69) is 15.3 Å². The highest BCUT2D eigenvalue weighted by Crippen LogP contribution is 2.28. The molecule has 0 unspecified atom stereocenters. The second kappa shape index (κ2) is 8.31. The third-order valence-electron chi connectivity index (χ3n) is 4.72. The Kier molecular flexibility index (Phi) is 5.44. The molecular weight excluding hydrogens is 358 g/mol. The molecule has 4 rings (SSSR count). The number of rotatable bonds is 4. The van der Waals surface area contributed by atoms with E-state index in [1.165, 1.54) is 19.3 Å². The van der Waals surface area contributed by atoms with E-state index in [4.69, 9.17) is 4.74 Å². The van der Waals surface area contributed by atoms with Crippen molar-refractivity contribution in [2.75, 3.05) is 0 Å². The van der Waals surface area contributed by atoms with Gasteiger partial charge in [-0.1, -0.05) is 31.4 Å². The summed E-state index contributed by atoms with van der Waals surface area (Å²) in [5.74, 6) is 0.528. The van der Waals surface area contributed by atoms with Gasteiger partial charge in [-0.15, -0.1) is 11.3 Å². The van der Waals surface area contributed by atoms with Crippen LogP contribution in [0.1, 0.15) is 32.1 Å². The molecule has 0 bridgehead atoms. The fourth-order valence-corrected chi connectivity index (χ4v) is 3.99. The molecule has 6 heteroatoms. The van der Waals surface area contributed by atoms with Crippen molar-refractivity contribution in [3.8, 4) is 27.4 Å². The van der Waals surface area contributed by atoms with Crippen LogP contribution in [0.25, 0.3) is 21.7 Å². The summed E-state index contributed by atoms with van der Waals surface area (Å²) in [7, 11) is 0. The lowest BCUT2D eigenvalue weighted by Crippen LogP contribution is -2.37. The second-order valence-corrected chi connectivity index (χ2v) is 7.59. The Morgan fingerprint density at radius 3 is 2.74 bits per heavy atom. The van der Waals surface area contributed by atoms with Crippen molar-refractivity contribution < 1.29 is 9.53 Å². The molecule has 0 spiro atoms. The molecule has 0 radical (unpaired) electrons. The average Bonchev–Trinajstić information content (AvgIpc) is 3.24. The van der Waals surface area contributed by atoms with Gasteiger partial charge in [0.2, 0.25) is 0 Å². The smallest absolute Gasteiger partial charge is 0.410 e. The zero-order valence-electron chi connectivity index (χ0n) is 14.9. The molecule has 5 nitrogen and oxygen atoms in total. The Labute approximate surface area is 162 Å². The normalized spacial score (nSPS) is 14.7. The van der Waals surface area contributed by atoms with Gasteiger partial charge in [0, 0.05) is 41.1 Å². The van der Waals surface area contributed by atoms with Crippen LogP contribution in [0.4, 0.5) is 4.79 Å². The van der Waals surface area contributed by atoms with Crippen LogP contribution in [0.5, 0.6) is 5.75 Å². The first-order valence-corrected chi connectivity index (χ1v) is 10.1. The first-order valence-electron chi connectivity index (χ1n) is 9.21. The van der Waals surface area contributed by atoms with Crippen LogP contribution in [0.3, 0.4) is 0 Å². The number of hydrogen-bond acceptors (Lipinski definition) is 5. The van der Waals surface area contributed by atoms with Gasteiger partial charge in [0.15, 0.2) is 0 Å². The Bertz CT molecular complexity index is 905. The van der Waals surface area contributed by atoms with Gasteiger partial charge in [-0.2, -0.15) is 0 Å². The lowest BCUT2D eigenvalue weighted by molar-refractivity contribution is 0.192. The summed E-state index contributed by atoms with van der Waals surface area (Å²) in [5, 5.41) is 5.85. The van der Waals surface area contributed by atoms with Crippen molar-refractivity contribution in [3.63, 3.8) is 0 Å². The van der Waals surface area contributed by atoms with Crippen LogP contribution >= 0.6 is 11.3 Å². The highest BCUT2D eigenvalue weighted by molar-refractivity contribution is 7.13. The zero-order chi connectivity index (χ0) is 18.5. The van der Waals surface area contributed by atoms with Gasteiger partial charge in [0.1, 0.15) is 10.8 Å². The SMILES string of the molecule is O=C(NC1CCCCC1)Oc1cccc(-c2cncc(-c3nccs3)c2)c1. The molecule has 1 fully saturated rings. The first kappa shape index (κ1) is 17.7. The molecule has 3 aromatic rings. The highest BCUT2D eigenvalue weighted by Gasteiger charge is 2.17. The van der Waals surface area contributed by atoms with Crippen molar-refractivity contribution in [3.05, 3.63) is 54.3 Å². The predicted octanol–water partition coefficient (Wildman–Crippen LogP) is 5.29. The number of pyridine rings is 1. The summed E-state index contributed by atoms with van der Waals surface area (Å²) in [4.78, 5) is 20.9. The first-order chi connectivity index (χ1) is 13.3. The summed E-state index contributed by atoms with van der Waals surface area (Å²) in [6.07, 6.45) is 10.7. The van der Waals surface area contributed by atoms with E-state index in [1.807, 2.05) is 29.6 Å². The fraction of sp³-hybridized carbons (Fsp3) is 0.286. The van der Waals surface area contributed by atoms with Crippen LogP contribution in [0.15, 0.2) is 54.3 Å². The van der Waals surface area contributed by atoms with Gasteiger partial charge in [-0.3, -0.25) is 4.98 Å². The summed E-state index contributed by atoms with van der Waals surface area (Å²) in [6.45, 7) is 0. The van der Waals surface area contributed by atoms with Crippen LogP contribution in [-0.4, -0.2) is 22.1 Å². The van der Waals surface area contributed by atoms with E-state index < -0.39 is 0 Å². The topological polar surface area (TPSA) is 64.1 Å². The molecule has 27 heavy (non-hydrogen) atoms. The molecule has 1 aliphatic carbocycles. The van der Waals surface area contributed by atoms with Gasteiger partial charge in [-0.25, -0.2) is 9.78 Å². The second-order valence-electron chi connectivity index (χ2n) is 6.70. The van der Waals surface area contributed by atoms with Crippen molar-refractivity contribution in [1.82, 2.24) is 15.3 Å². The number of benzene rings is 1. The summed E-state index contributed by atoms with van der Waals surface area (Å²) < 4.78 is 5.50. The largest absolute Gasteiger partial charge is 0.412 e. The molecule has 1 aliphatic rings. The maximum Gasteiger partial charge on any atom is 0.412 e. The lowest BCUT2D eigenvalue weighted by atomic mass is 9.96. The Hall–Kier alpha value is -2.73. The van der Waals surface area contributed by atoms with Gasteiger partial charge in [-0.05, 0) is 36.6 Å². The molecule has 138 valence electrons. The summed E-state index contributed by atoms with van der Waals surface area (Å²) in [5.41, 5.74) is 2.88. The number of ether oxygens (including phenoxy) is 1. The monoisotopic (exact) mass is 379 g/mol. The Morgan fingerprint density at radius 2 is 1.93 bits per heavy atom. The summed E-state index contributed by atoms with van der Waals surface area (Å²) in [6, 6.07) is 9.80. The number of hydrogen-bond donors (Lipinski definition) is 1. The van der Waals surface area contributed by atoms with E-state index in [0.29, 0.717) is 5.75 Å². The maximum atomic E-state index is 12.2. The van der Waals surface area contributed by atoms with E-state index in [-0.39, 0.29) is 12.1 Å². The Morgan fingerprint density at radius 1 is 1.07 bits per heavy atom. The van der Waals surface area contributed by atoms with Gasteiger partial charge >= 0.3 is 6.09 Å². The highest BCUT2D eigenvalue weighted by atomic mass is 32.1. The third-order valence-corrected chi connectivity index (χ3v) is 5.54. The average molecular weight is 379 g/mol. The van der Waals surface area contributed by atoms with E-state index in [0.717, 1.165) is 34.5 Å². The van der Waals surface area contributed by atoms with Crippen molar-refractivity contribution in [1.29, 1.82) is 0 Å². The molecule has 1 amide bonds. The standard InChI is InChI=1S/C21H21N3O2S/c25-21(24-18-6-2-1-3-7-18)26-19-8-4-5-15(12-19)16-11-17(14-22-13-16)20-23-9-10-27-20/h4-5,8-14,18H,1-3,6-7H2,(H,24,25). The minimum absolute atomic E-state index is 0.230. The minimum Gasteiger partial charge on any atom is -0.410 e. The molecular formula is C21H21N3O2S. The number of aromatic nitrogens is 2. The molecule has 2 heterocycles. The number of carbonyl (C=O) groups is 1. The molecule has 1 N–H and O–H groups in total. The van der Waals surface area contributed by atoms with Gasteiger partial charge in [0.25, 0.3) is 0 Å². The predicted molar refractivity (Wildman–Crippen MR) is 107 cm³/mol. The maximum absolute atomic E-state index is 12.2. The number of nitrogens with zero attached hydrogens (tertiary/aromatic N) is 2. The van der Waals surface area contributed by atoms with E-state index >= 15 is 0 Å².